The zero-order chi connectivity index (χ0) is 21.3. The number of rotatable bonds is 4. The van der Waals surface area contributed by atoms with Crippen LogP contribution in [0.4, 0.5) is 5.69 Å². The number of nitrogens with zero attached hydrogens (tertiary/aromatic N) is 2. The molecule has 2 amide bonds. The van der Waals surface area contributed by atoms with Gasteiger partial charge in [-0.1, -0.05) is 41.9 Å². The quantitative estimate of drug-likeness (QED) is 0.752. The Bertz CT molecular complexity index is 936. The third kappa shape index (κ3) is 3.91. The topological polar surface area (TPSA) is 87.8 Å². The van der Waals surface area contributed by atoms with Gasteiger partial charge < -0.3 is 16.0 Å². The van der Waals surface area contributed by atoms with Crippen molar-refractivity contribution in [1.82, 2.24) is 10.2 Å². The van der Waals surface area contributed by atoms with E-state index in [1.807, 2.05) is 19.1 Å². The highest BCUT2D eigenvalue weighted by Gasteiger charge is 2.48. The van der Waals surface area contributed by atoms with E-state index in [-0.39, 0.29) is 24.4 Å². The van der Waals surface area contributed by atoms with Gasteiger partial charge in [0.25, 0.3) is 5.91 Å². The number of allylic oxidation sites excluding steroid dienone is 2. The molecule has 1 saturated carbocycles. The van der Waals surface area contributed by atoms with E-state index in [0.29, 0.717) is 11.4 Å². The van der Waals surface area contributed by atoms with E-state index in [1.165, 1.54) is 5.57 Å². The van der Waals surface area contributed by atoms with Crippen LogP contribution in [0.3, 0.4) is 0 Å². The molecule has 1 fully saturated rings. The number of nitrogens with two attached hydrogens (primary N) is 1. The number of carbonyl (C=O) groups excluding carboxylic acids is 2. The molecular formula is C24H30N4O2. The summed E-state index contributed by atoms with van der Waals surface area (Å²) in [5.41, 5.74) is 9.41. The van der Waals surface area contributed by atoms with Crippen LogP contribution in [0.1, 0.15) is 57.9 Å². The fourth-order valence-corrected chi connectivity index (χ4v) is 4.75. The number of benzene rings is 1. The van der Waals surface area contributed by atoms with Crippen LogP contribution >= 0.6 is 0 Å². The van der Waals surface area contributed by atoms with Gasteiger partial charge in [-0.05, 0) is 58.1 Å². The van der Waals surface area contributed by atoms with E-state index < -0.39 is 5.66 Å². The maximum atomic E-state index is 13.4. The lowest BCUT2D eigenvalue weighted by Gasteiger charge is -2.39. The van der Waals surface area contributed by atoms with Crippen molar-refractivity contribution in [2.24, 2.45) is 4.99 Å². The summed E-state index contributed by atoms with van der Waals surface area (Å²) in [6.45, 7) is 4.13. The van der Waals surface area contributed by atoms with Crippen molar-refractivity contribution in [3.8, 4) is 0 Å². The molecule has 3 N–H and O–H groups in total. The number of hydrogen-bond donors (Lipinski definition) is 2. The van der Waals surface area contributed by atoms with Crippen LogP contribution in [0, 0.1) is 0 Å². The summed E-state index contributed by atoms with van der Waals surface area (Å²) in [5.74, 6) is -0.295. The van der Waals surface area contributed by atoms with Crippen molar-refractivity contribution in [3.05, 3.63) is 53.1 Å². The minimum absolute atomic E-state index is 0.0151. The van der Waals surface area contributed by atoms with Crippen LogP contribution in [-0.2, 0) is 9.59 Å². The third-order valence-corrected chi connectivity index (χ3v) is 6.43. The zero-order valence-corrected chi connectivity index (χ0v) is 17.8. The third-order valence-electron chi connectivity index (χ3n) is 6.43. The monoisotopic (exact) mass is 406 g/mol. The molecule has 158 valence electrons. The number of anilines is 1. The second kappa shape index (κ2) is 8.09. The van der Waals surface area contributed by atoms with Gasteiger partial charge in [-0.25, -0.2) is 0 Å². The van der Waals surface area contributed by atoms with Crippen molar-refractivity contribution < 1.29 is 9.59 Å². The predicted molar refractivity (Wildman–Crippen MR) is 119 cm³/mol. The number of amides is 2. The first-order chi connectivity index (χ1) is 14.4. The summed E-state index contributed by atoms with van der Waals surface area (Å²) < 4.78 is 0. The molecule has 1 aromatic carbocycles. The van der Waals surface area contributed by atoms with Crippen molar-refractivity contribution in [2.75, 3.05) is 12.3 Å². The van der Waals surface area contributed by atoms with Gasteiger partial charge in [0.15, 0.2) is 0 Å². The zero-order valence-electron chi connectivity index (χ0n) is 17.8. The van der Waals surface area contributed by atoms with Crippen LogP contribution in [0.5, 0.6) is 0 Å². The molecule has 1 heterocycles. The number of carbonyl (C=O) groups is 2. The molecule has 4 rings (SSSR count). The molecule has 1 aliphatic heterocycles. The Labute approximate surface area is 177 Å². The molecule has 2 aliphatic carbocycles. The Balaban J connectivity index is 1.54. The Hall–Kier alpha value is -2.89. The fourth-order valence-electron chi connectivity index (χ4n) is 4.75. The summed E-state index contributed by atoms with van der Waals surface area (Å²) in [6.07, 6.45) is 9.78. The molecule has 0 saturated heterocycles. The molecule has 1 spiro atoms. The highest BCUT2D eigenvalue weighted by atomic mass is 16.2. The van der Waals surface area contributed by atoms with Gasteiger partial charge in [0.05, 0.1) is 6.04 Å². The van der Waals surface area contributed by atoms with Crippen molar-refractivity contribution >= 4 is 23.2 Å². The summed E-state index contributed by atoms with van der Waals surface area (Å²) in [5, 5.41) is 3.11. The van der Waals surface area contributed by atoms with E-state index in [2.05, 4.69) is 24.4 Å². The van der Waals surface area contributed by atoms with Gasteiger partial charge in [-0.3, -0.25) is 14.6 Å². The minimum atomic E-state index is -0.600. The van der Waals surface area contributed by atoms with Gasteiger partial charge in [0.2, 0.25) is 5.91 Å². The minimum Gasteiger partial charge on any atom is -0.399 e. The second-order valence-electron chi connectivity index (χ2n) is 8.71. The van der Waals surface area contributed by atoms with Gasteiger partial charge in [-0.15, -0.1) is 0 Å². The summed E-state index contributed by atoms with van der Waals surface area (Å²) in [4.78, 5) is 32.9. The van der Waals surface area contributed by atoms with Crippen molar-refractivity contribution in [1.29, 1.82) is 0 Å². The van der Waals surface area contributed by atoms with Crippen LogP contribution in [0.15, 0.2) is 52.6 Å². The van der Waals surface area contributed by atoms with Crippen LogP contribution in [-0.4, -0.2) is 40.7 Å². The van der Waals surface area contributed by atoms with Gasteiger partial charge in [0, 0.05) is 11.3 Å². The SMILES string of the molecule is CC1=CCC(NC(=O)CN2C(=O)C(c3ccc(N)cc3)=NC23CCCCC3)C(C)=C1. The molecule has 1 aromatic rings. The van der Waals surface area contributed by atoms with Gasteiger partial charge in [0.1, 0.15) is 17.9 Å². The van der Waals surface area contributed by atoms with Crippen LogP contribution in [0.2, 0.25) is 0 Å². The molecule has 30 heavy (non-hydrogen) atoms. The maximum absolute atomic E-state index is 13.4. The highest BCUT2D eigenvalue weighted by molar-refractivity contribution is 6.47. The molecule has 0 bridgehead atoms. The van der Waals surface area contributed by atoms with E-state index in [4.69, 9.17) is 10.7 Å². The predicted octanol–water partition coefficient (Wildman–Crippen LogP) is 3.34. The van der Waals surface area contributed by atoms with Crippen molar-refractivity contribution in [2.45, 2.75) is 64.1 Å². The van der Waals surface area contributed by atoms with Crippen LogP contribution in [0.25, 0.3) is 0 Å². The fraction of sp³-hybridized carbons (Fsp3) is 0.458. The average molecular weight is 407 g/mol. The standard InChI is InChI=1S/C24H30N4O2/c1-16-6-11-20(17(2)14-16)26-21(29)15-28-23(30)22(18-7-9-19(25)10-8-18)27-24(28)12-4-3-5-13-24/h6-10,14,20H,3-5,11-13,15,25H2,1-2H3,(H,26,29). The Morgan fingerprint density at radius 1 is 1.20 bits per heavy atom. The molecule has 1 unspecified atom stereocenters. The molecule has 3 aliphatic rings. The van der Waals surface area contributed by atoms with E-state index in [0.717, 1.165) is 49.7 Å². The first-order valence-corrected chi connectivity index (χ1v) is 10.8. The van der Waals surface area contributed by atoms with Crippen molar-refractivity contribution in [3.63, 3.8) is 0 Å². The molecular weight excluding hydrogens is 376 g/mol. The summed E-state index contributed by atoms with van der Waals surface area (Å²) in [7, 11) is 0. The molecule has 0 aromatic heterocycles. The Morgan fingerprint density at radius 3 is 2.57 bits per heavy atom. The summed E-state index contributed by atoms with van der Waals surface area (Å²) in [6, 6.07) is 7.20. The number of nitrogen functional groups attached to an aromatic ring is 1. The smallest absolute Gasteiger partial charge is 0.275 e. The number of aliphatic imine (C=N–C) groups is 1. The second-order valence-corrected chi connectivity index (χ2v) is 8.71. The summed E-state index contributed by atoms with van der Waals surface area (Å²) >= 11 is 0. The number of hydrogen-bond acceptors (Lipinski definition) is 4. The molecule has 6 heteroatoms. The lowest BCUT2D eigenvalue weighted by atomic mass is 9.88. The molecule has 1 atom stereocenters. The van der Waals surface area contributed by atoms with E-state index >= 15 is 0 Å². The van der Waals surface area contributed by atoms with Crippen LogP contribution < -0.4 is 11.1 Å². The normalized spacial score (nSPS) is 23.1. The van der Waals surface area contributed by atoms with Gasteiger partial charge >= 0.3 is 0 Å². The van der Waals surface area contributed by atoms with Gasteiger partial charge in [-0.2, -0.15) is 0 Å². The first kappa shape index (κ1) is 20.4. The molecule has 0 radical (unpaired) electrons. The Kier molecular flexibility index (Phi) is 5.50. The Morgan fingerprint density at radius 2 is 1.90 bits per heavy atom. The highest BCUT2D eigenvalue weighted by Crippen LogP contribution is 2.39. The average Bonchev–Trinajstić information content (AvgIpc) is 2.97. The van der Waals surface area contributed by atoms with E-state index in [1.54, 1.807) is 17.0 Å². The first-order valence-electron chi connectivity index (χ1n) is 10.8. The number of nitrogens with one attached hydrogen (secondary N) is 1. The van der Waals surface area contributed by atoms with E-state index in [9.17, 15) is 9.59 Å². The lowest BCUT2D eigenvalue weighted by molar-refractivity contribution is -0.136. The largest absolute Gasteiger partial charge is 0.399 e. The maximum Gasteiger partial charge on any atom is 0.275 e. The lowest BCUT2D eigenvalue weighted by Crippen LogP contribution is -2.53. The molecule has 6 nitrogen and oxygen atoms in total.